The molecule has 0 aliphatic rings. The van der Waals surface area contributed by atoms with E-state index in [0.29, 0.717) is 12.0 Å². The number of methoxy groups -OCH3 is 1. The van der Waals surface area contributed by atoms with Crippen LogP contribution in [0.1, 0.15) is 16.8 Å². The highest BCUT2D eigenvalue weighted by Gasteiger charge is 2.23. The molecular formula is C26H25N3O3S4. The molecule has 2 N–H and O–H groups in total. The van der Waals surface area contributed by atoms with Crippen LogP contribution < -0.4 is 10.6 Å². The third kappa shape index (κ3) is 6.70. The lowest BCUT2D eigenvalue weighted by Crippen LogP contribution is -2.42. The van der Waals surface area contributed by atoms with Crippen molar-refractivity contribution in [3.05, 3.63) is 77.1 Å². The third-order valence-corrected chi connectivity index (χ3v) is 8.71. The van der Waals surface area contributed by atoms with E-state index < -0.39 is 12.0 Å². The molecule has 2 aromatic carbocycles. The average molecular weight is 556 g/mol. The summed E-state index contributed by atoms with van der Waals surface area (Å²) in [7, 11) is 1.34. The summed E-state index contributed by atoms with van der Waals surface area (Å²) in [5.74, 6) is -0.00718. The minimum absolute atomic E-state index is 0.302. The molecule has 1 amide bonds. The lowest BCUT2D eigenvalue weighted by Gasteiger charge is -2.18. The number of nitrogens with zero attached hydrogens (tertiary/aromatic N) is 1. The maximum absolute atomic E-state index is 13.3. The van der Waals surface area contributed by atoms with Crippen molar-refractivity contribution < 1.29 is 14.3 Å². The zero-order valence-electron chi connectivity index (χ0n) is 19.7. The van der Waals surface area contributed by atoms with Gasteiger partial charge in [-0.1, -0.05) is 42.1 Å². The van der Waals surface area contributed by atoms with Gasteiger partial charge in [0.05, 0.1) is 17.0 Å². The first-order valence-corrected chi connectivity index (χ1v) is 15.0. The van der Waals surface area contributed by atoms with Crippen molar-refractivity contribution in [1.29, 1.82) is 0 Å². The zero-order chi connectivity index (χ0) is 25.3. The predicted molar refractivity (Wildman–Crippen MR) is 152 cm³/mol. The molecule has 36 heavy (non-hydrogen) atoms. The molecular weight excluding hydrogens is 531 g/mol. The van der Waals surface area contributed by atoms with Crippen LogP contribution in [0.3, 0.4) is 0 Å². The van der Waals surface area contributed by atoms with Gasteiger partial charge in [0, 0.05) is 22.0 Å². The van der Waals surface area contributed by atoms with E-state index in [9.17, 15) is 9.59 Å². The summed E-state index contributed by atoms with van der Waals surface area (Å²) in [5.41, 5.74) is 3.24. The number of amides is 1. The second-order valence-corrected chi connectivity index (χ2v) is 11.7. The van der Waals surface area contributed by atoms with Crippen LogP contribution >= 0.6 is 46.2 Å². The fraction of sp³-hybridized carbons (Fsp3) is 0.192. The molecule has 0 bridgehead atoms. The van der Waals surface area contributed by atoms with E-state index in [1.807, 2.05) is 71.6 Å². The molecule has 0 aliphatic carbocycles. The van der Waals surface area contributed by atoms with Crippen molar-refractivity contribution in [3.8, 4) is 11.1 Å². The van der Waals surface area contributed by atoms with E-state index in [1.165, 1.54) is 7.11 Å². The number of thiazole rings is 1. The van der Waals surface area contributed by atoms with Gasteiger partial charge in [0.25, 0.3) is 5.91 Å². The second kappa shape index (κ2) is 13.0. The molecule has 0 aliphatic heterocycles. The van der Waals surface area contributed by atoms with Crippen molar-refractivity contribution in [2.75, 3.05) is 24.4 Å². The molecule has 1 atom stereocenters. The number of aromatic nitrogens is 1. The number of hydrogen-bond donors (Lipinski definition) is 2. The summed E-state index contributed by atoms with van der Waals surface area (Å²) < 4.78 is 6.01. The summed E-state index contributed by atoms with van der Waals surface area (Å²) in [6.45, 7) is 0. The first-order valence-electron chi connectivity index (χ1n) is 11.1. The van der Waals surface area contributed by atoms with Crippen LogP contribution in [-0.2, 0) is 9.53 Å². The molecule has 10 heteroatoms. The molecule has 4 rings (SSSR count). The molecule has 0 saturated heterocycles. The fourth-order valence-electron chi connectivity index (χ4n) is 3.48. The van der Waals surface area contributed by atoms with Crippen LogP contribution in [-0.4, -0.2) is 42.0 Å². The Hall–Kier alpha value is -2.79. The number of rotatable bonds is 11. The van der Waals surface area contributed by atoms with Crippen LogP contribution in [0.15, 0.2) is 80.7 Å². The van der Waals surface area contributed by atoms with Crippen molar-refractivity contribution in [2.24, 2.45) is 0 Å². The minimum atomic E-state index is -0.696. The van der Waals surface area contributed by atoms with Crippen molar-refractivity contribution in [1.82, 2.24) is 10.3 Å². The van der Waals surface area contributed by atoms with Gasteiger partial charge in [0.2, 0.25) is 0 Å². The van der Waals surface area contributed by atoms with Gasteiger partial charge in [-0.15, -0.1) is 22.7 Å². The summed E-state index contributed by atoms with van der Waals surface area (Å²) in [6.07, 6.45) is 4.24. The third-order valence-electron chi connectivity index (χ3n) is 5.24. The molecule has 1 unspecified atom stereocenters. The van der Waals surface area contributed by atoms with Crippen LogP contribution in [0.25, 0.3) is 11.1 Å². The Balaban J connectivity index is 1.62. The molecule has 4 aromatic rings. The number of ether oxygens (including phenoxy) is 1. The number of esters is 1. The van der Waals surface area contributed by atoms with Gasteiger partial charge < -0.3 is 15.4 Å². The van der Waals surface area contributed by atoms with E-state index >= 15 is 0 Å². The molecule has 0 radical (unpaired) electrons. The molecule has 2 aromatic heterocycles. The summed E-state index contributed by atoms with van der Waals surface area (Å²) in [5, 5.41) is 11.1. The van der Waals surface area contributed by atoms with Gasteiger partial charge in [0.15, 0.2) is 5.13 Å². The maximum Gasteiger partial charge on any atom is 0.328 e. The standard InChI is InChI=1S/C26H25N3O3S4/c1-32-24(31)21(10-13-33-2)28-23(30)19-9-8-18(16-20(19)17-6-4-3-5-7-17)36-25-22(11-14-34-25)29-26-27-12-15-35-26/h3-9,11-12,14-16,21H,10,13H2,1-2H3,(H,27,29)(H,28,30). The Kier molecular flexibility index (Phi) is 9.46. The van der Waals surface area contributed by atoms with Gasteiger partial charge >= 0.3 is 5.97 Å². The number of thiophene rings is 1. The fourth-order valence-corrected chi connectivity index (χ4v) is 6.47. The lowest BCUT2D eigenvalue weighted by atomic mass is 9.99. The molecule has 6 nitrogen and oxygen atoms in total. The maximum atomic E-state index is 13.3. The summed E-state index contributed by atoms with van der Waals surface area (Å²) in [4.78, 5) is 30.9. The number of carbonyl (C=O) groups excluding carboxylic acids is 2. The Morgan fingerprint density at radius 2 is 1.92 bits per heavy atom. The highest BCUT2D eigenvalue weighted by atomic mass is 32.2. The van der Waals surface area contributed by atoms with Crippen LogP contribution in [0.2, 0.25) is 0 Å². The predicted octanol–water partition coefficient (Wildman–Crippen LogP) is 6.79. The molecule has 0 spiro atoms. The molecule has 0 fully saturated rings. The molecule has 186 valence electrons. The van der Waals surface area contributed by atoms with Gasteiger partial charge in [-0.05, 0) is 59.2 Å². The minimum Gasteiger partial charge on any atom is -0.467 e. The van der Waals surface area contributed by atoms with Gasteiger partial charge in [-0.3, -0.25) is 4.79 Å². The lowest BCUT2D eigenvalue weighted by molar-refractivity contribution is -0.142. The second-order valence-electron chi connectivity index (χ2n) is 7.59. The summed E-state index contributed by atoms with van der Waals surface area (Å²) in [6, 6.07) is 16.9. The number of thioether (sulfide) groups is 1. The monoisotopic (exact) mass is 555 g/mol. The van der Waals surface area contributed by atoms with Crippen molar-refractivity contribution in [2.45, 2.75) is 21.6 Å². The van der Waals surface area contributed by atoms with Gasteiger partial charge in [-0.25, -0.2) is 9.78 Å². The highest BCUT2D eigenvalue weighted by Crippen LogP contribution is 2.41. The molecule has 0 saturated carbocycles. The Bertz CT molecular complexity index is 1290. The van der Waals surface area contributed by atoms with Crippen LogP contribution in [0, 0.1) is 0 Å². The summed E-state index contributed by atoms with van der Waals surface area (Å²) >= 11 is 6.44. The van der Waals surface area contributed by atoms with E-state index in [2.05, 4.69) is 15.6 Å². The average Bonchev–Trinajstić information content (AvgIpc) is 3.59. The van der Waals surface area contributed by atoms with E-state index in [1.54, 1.807) is 52.4 Å². The quantitative estimate of drug-likeness (QED) is 0.197. The number of benzene rings is 2. The van der Waals surface area contributed by atoms with E-state index in [0.717, 1.165) is 36.8 Å². The van der Waals surface area contributed by atoms with Crippen molar-refractivity contribution >= 4 is 68.9 Å². The first kappa shape index (κ1) is 26.3. The number of anilines is 2. The van der Waals surface area contributed by atoms with Gasteiger partial charge in [0.1, 0.15) is 6.04 Å². The zero-order valence-corrected chi connectivity index (χ0v) is 23.0. The van der Waals surface area contributed by atoms with E-state index in [4.69, 9.17) is 4.74 Å². The molecule has 2 heterocycles. The normalized spacial score (nSPS) is 11.6. The van der Waals surface area contributed by atoms with Crippen LogP contribution in [0.5, 0.6) is 0 Å². The Morgan fingerprint density at radius 1 is 1.08 bits per heavy atom. The number of nitrogens with one attached hydrogen (secondary N) is 2. The Morgan fingerprint density at radius 3 is 2.64 bits per heavy atom. The topological polar surface area (TPSA) is 80.3 Å². The smallest absolute Gasteiger partial charge is 0.328 e. The first-order chi connectivity index (χ1) is 17.6. The van der Waals surface area contributed by atoms with E-state index in [-0.39, 0.29) is 5.91 Å². The Labute approximate surface area is 226 Å². The van der Waals surface area contributed by atoms with Crippen molar-refractivity contribution in [3.63, 3.8) is 0 Å². The van der Waals surface area contributed by atoms with Gasteiger partial charge in [-0.2, -0.15) is 11.8 Å². The number of carbonyl (C=O) groups is 2. The SMILES string of the molecule is COC(=O)C(CCSC)NC(=O)c1ccc(Sc2sccc2Nc2nccs2)cc1-c1ccccc1. The van der Waals surface area contributed by atoms with Crippen LogP contribution in [0.4, 0.5) is 10.8 Å². The number of hydrogen-bond acceptors (Lipinski definition) is 9. The highest BCUT2D eigenvalue weighted by molar-refractivity contribution is 8.01. The largest absolute Gasteiger partial charge is 0.467 e.